The minimum Gasteiger partial charge on any atom is -0.351 e. The lowest BCUT2D eigenvalue weighted by atomic mass is 9.82. The van der Waals surface area contributed by atoms with Crippen molar-refractivity contribution in [1.29, 1.82) is 0 Å². The van der Waals surface area contributed by atoms with Crippen LogP contribution in [0.5, 0.6) is 0 Å². The van der Waals surface area contributed by atoms with Gasteiger partial charge in [-0.3, -0.25) is 0 Å². The number of rotatable bonds is 8. The molecule has 0 aromatic carbocycles. The van der Waals surface area contributed by atoms with Crippen LogP contribution in [0.15, 0.2) is 24.3 Å². The summed E-state index contributed by atoms with van der Waals surface area (Å²) in [7, 11) is 0. The molecule has 0 amide bonds. The molecule has 0 spiro atoms. The normalized spacial score (nSPS) is 44.3. The lowest BCUT2D eigenvalue weighted by molar-refractivity contribution is -0.217. The van der Waals surface area contributed by atoms with E-state index < -0.39 is 5.79 Å². The van der Waals surface area contributed by atoms with Gasteiger partial charge >= 0.3 is 0 Å². The van der Waals surface area contributed by atoms with E-state index in [9.17, 15) is 0 Å². The number of hydrogen-bond donors (Lipinski definition) is 0. The quantitative estimate of drug-likeness (QED) is 0.430. The molecule has 2 saturated carbocycles. The Bertz CT molecular complexity index is 488. The van der Waals surface area contributed by atoms with Crippen molar-refractivity contribution in [2.24, 2.45) is 47.3 Å². The Morgan fingerprint density at radius 1 is 0.720 bits per heavy atom. The molecule has 0 radical (unpaired) electrons. The fourth-order valence-corrected chi connectivity index (χ4v) is 6.22. The minimum absolute atomic E-state index is 0.451. The van der Waals surface area contributed by atoms with E-state index >= 15 is 0 Å². The van der Waals surface area contributed by atoms with E-state index in [1.54, 1.807) is 0 Å². The van der Waals surface area contributed by atoms with Gasteiger partial charge in [0, 0.05) is 0 Å². The van der Waals surface area contributed by atoms with Crippen LogP contribution in [0.2, 0.25) is 0 Å². The van der Waals surface area contributed by atoms with Crippen molar-refractivity contribution in [1.82, 2.24) is 0 Å². The zero-order valence-electron chi connectivity index (χ0n) is 16.5. The summed E-state index contributed by atoms with van der Waals surface area (Å²) in [5.74, 6) is 6.10. The first-order valence-electron chi connectivity index (χ1n) is 10.6. The van der Waals surface area contributed by atoms with E-state index in [4.69, 9.17) is 9.47 Å². The maximum Gasteiger partial charge on any atom is 0.162 e. The molecule has 4 rings (SSSR count). The Labute approximate surface area is 154 Å². The van der Waals surface area contributed by atoms with Crippen LogP contribution >= 0.6 is 0 Å². The van der Waals surface area contributed by atoms with Gasteiger partial charge in [0.1, 0.15) is 0 Å². The van der Waals surface area contributed by atoms with Crippen molar-refractivity contribution in [3.63, 3.8) is 0 Å². The molecular weight excluding hydrogens is 308 g/mol. The molecule has 0 heterocycles. The average Bonchev–Trinajstić information content (AvgIpc) is 3.31. The van der Waals surface area contributed by atoms with Crippen LogP contribution in [0, 0.1) is 47.3 Å². The highest BCUT2D eigenvalue weighted by molar-refractivity contribution is 5.13. The first-order chi connectivity index (χ1) is 11.9. The fourth-order valence-electron chi connectivity index (χ4n) is 6.22. The molecule has 2 heteroatoms. The van der Waals surface area contributed by atoms with Gasteiger partial charge in [-0.25, -0.2) is 0 Å². The minimum atomic E-state index is -0.451. The third kappa shape index (κ3) is 3.49. The monoisotopic (exact) mass is 344 g/mol. The molecule has 4 aliphatic rings. The molecule has 0 aliphatic heterocycles. The van der Waals surface area contributed by atoms with Gasteiger partial charge in [-0.1, -0.05) is 38.2 Å². The van der Waals surface area contributed by atoms with Crippen molar-refractivity contribution in [2.45, 2.75) is 59.2 Å². The molecule has 8 atom stereocenters. The summed E-state index contributed by atoms with van der Waals surface area (Å²) in [5.41, 5.74) is 0. The summed E-state index contributed by atoms with van der Waals surface area (Å²) >= 11 is 0. The second-order valence-corrected chi connectivity index (χ2v) is 9.62. The zero-order valence-corrected chi connectivity index (χ0v) is 16.5. The molecule has 4 aliphatic carbocycles. The maximum atomic E-state index is 6.14. The highest BCUT2D eigenvalue weighted by atomic mass is 16.7. The predicted octanol–water partition coefficient (Wildman–Crippen LogP) is 5.45. The fraction of sp³-hybridized carbons (Fsp3) is 0.826. The van der Waals surface area contributed by atoms with Crippen molar-refractivity contribution in [2.75, 3.05) is 13.2 Å². The summed E-state index contributed by atoms with van der Waals surface area (Å²) in [5, 5.41) is 0. The standard InChI is InChI=1S/C23H36O2/c1-15-17-5-7-19(13-17)21(15)9-11-24-23(3,4)25-12-10-22-16(2)18-6-8-20(22)14-18/h5-8,15-22H,9-14H2,1-4H3/t15?,16?,17?,18?,19-,20?,21?,22?/m1/s1. The molecule has 0 aromatic rings. The molecule has 7 unspecified atom stereocenters. The van der Waals surface area contributed by atoms with E-state index in [2.05, 4.69) is 52.0 Å². The van der Waals surface area contributed by atoms with Crippen LogP contribution in [0.4, 0.5) is 0 Å². The SMILES string of the molecule is CC1C2C=CC(C2)C1CCOC(C)(C)OCCC1C(C)C2C=C[C@@H]1C2. The third-order valence-corrected chi connectivity index (χ3v) is 7.90. The van der Waals surface area contributed by atoms with Gasteiger partial charge in [-0.15, -0.1) is 0 Å². The van der Waals surface area contributed by atoms with E-state index in [-0.39, 0.29) is 0 Å². The van der Waals surface area contributed by atoms with Gasteiger partial charge in [0.15, 0.2) is 5.79 Å². The summed E-state index contributed by atoms with van der Waals surface area (Å²) in [6.07, 6.45) is 14.9. The molecule has 2 fully saturated rings. The predicted molar refractivity (Wildman–Crippen MR) is 102 cm³/mol. The van der Waals surface area contributed by atoms with Crippen molar-refractivity contribution < 1.29 is 9.47 Å². The molecule has 25 heavy (non-hydrogen) atoms. The lowest BCUT2D eigenvalue weighted by Crippen LogP contribution is -2.31. The van der Waals surface area contributed by atoms with Crippen molar-refractivity contribution in [3.8, 4) is 0 Å². The van der Waals surface area contributed by atoms with Gasteiger partial charge in [0.2, 0.25) is 0 Å². The average molecular weight is 345 g/mol. The molecule has 0 N–H and O–H groups in total. The summed E-state index contributed by atoms with van der Waals surface area (Å²) in [6.45, 7) is 10.7. The summed E-state index contributed by atoms with van der Waals surface area (Å²) in [4.78, 5) is 0. The van der Waals surface area contributed by atoms with Gasteiger partial charge in [-0.2, -0.15) is 0 Å². The zero-order chi connectivity index (χ0) is 17.6. The molecule has 140 valence electrons. The Hall–Kier alpha value is -0.600. The topological polar surface area (TPSA) is 18.5 Å². The first-order valence-corrected chi connectivity index (χ1v) is 10.6. The van der Waals surface area contributed by atoms with Gasteiger partial charge in [-0.05, 0) is 86.9 Å². The third-order valence-electron chi connectivity index (χ3n) is 7.90. The summed E-state index contributed by atoms with van der Waals surface area (Å²) < 4.78 is 12.3. The maximum absolute atomic E-state index is 6.14. The van der Waals surface area contributed by atoms with Crippen LogP contribution in [0.3, 0.4) is 0 Å². The summed E-state index contributed by atoms with van der Waals surface area (Å²) in [6, 6.07) is 0. The van der Waals surface area contributed by atoms with Crippen LogP contribution in [-0.2, 0) is 9.47 Å². The van der Waals surface area contributed by atoms with Crippen LogP contribution in [0.1, 0.15) is 53.4 Å². The second kappa shape index (κ2) is 6.85. The van der Waals surface area contributed by atoms with E-state index in [0.29, 0.717) is 0 Å². The molecule has 0 saturated heterocycles. The van der Waals surface area contributed by atoms with Crippen LogP contribution in [0.25, 0.3) is 0 Å². The van der Waals surface area contributed by atoms with E-state index in [0.717, 1.165) is 60.6 Å². The van der Waals surface area contributed by atoms with Gasteiger partial charge < -0.3 is 9.47 Å². The lowest BCUT2D eigenvalue weighted by Gasteiger charge is -2.30. The molecule has 2 nitrogen and oxygen atoms in total. The number of fused-ring (bicyclic) bond motifs is 4. The van der Waals surface area contributed by atoms with Crippen LogP contribution in [-0.4, -0.2) is 19.0 Å². The van der Waals surface area contributed by atoms with Gasteiger partial charge in [0.25, 0.3) is 0 Å². The number of ether oxygens (including phenoxy) is 2. The van der Waals surface area contributed by atoms with E-state index in [1.165, 1.54) is 25.7 Å². The highest BCUT2D eigenvalue weighted by Gasteiger charge is 2.42. The van der Waals surface area contributed by atoms with Crippen molar-refractivity contribution in [3.05, 3.63) is 24.3 Å². The van der Waals surface area contributed by atoms with E-state index in [1.807, 2.05) is 0 Å². The Morgan fingerprint density at radius 3 is 1.48 bits per heavy atom. The first kappa shape index (κ1) is 17.8. The second-order valence-electron chi connectivity index (χ2n) is 9.62. The Morgan fingerprint density at radius 2 is 1.12 bits per heavy atom. The smallest absolute Gasteiger partial charge is 0.162 e. The largest absolute Gasteiger partial charge is 0.351 e. The Balaban J connectivity index is 1.16. The van der Waals surface area contributed by atoms with Crippen LogP contribution < -0.4 is 0 Å². The number of allylic oxidation sites excluding steroid dienone is 4. The molecule has 0 aromatic heterocycles. The highest BCUT2D eigenvalue weighted by Crippen LogP contribution is 2.50. The number of hydrogen-bond acceptors (Lipinski definition) is 2. The van der Waals surface area contributed by atoms with Crippen molar-refractivity contribution >= 4 is 0 Å². The molecule has 4 bridgehead atoms. The Kier molecular flexibility index (Phi) is 4.88. The molecular formula is C23H36O2. The van der Waals surface area contributed by atoms with Gasteiger partial charge in [0.05, 0.1) is 13.2 Å².